The van der Waals surface area contributed by atoms with E-state index >= 15 is 14.4 Å². The average Bonchev–Trinajstić information content (AvgIpc) is 0.684. The average molecular weight is 1250 g/mol. The predicted molar refractivity (Wildman–Crippen MR) is 352 cm³/mol. The summed E-state index contributed by atoms with van der Waals surface area (Å²) in [5, 5.41) is 71.3. The lowest BCUT2D eigenvalue weighted by molar-refractivity contribution is 0.101. The third-order valence-corrected chi connectivity index (χ3v) is 16.3. The number of hydrogen-bond donors (Lipinski definition) is 6. The summed E-state index contributed by atoms with van der Waals surface area (Å²) in [6.07, 6.45) is 0. The third kappa shape index (κ3) is 9.48. The predicted octanol–water partition coefficient (Wildman–Crippen LogP) is 16.9. The van der Waals surface area contributed by atoms with Crippen molar-refractivity contribution in [2.24, 2.45) is 30.7 Å². The second-order valence-electron chi connectivity index (χ2n) is 21.9. The Hall–Kier alpha value is -13.4. The molecule has 12 aromatic carbocycles. The SMILES string of the molecule is O=C(Nc1ccccc1F)c1cc2ccccc2c(N=Nc2cc3c(=O)c4cc(N=Nc5c(O)c(C(=O)Nc6ccccc6F)cc6ccccc56)cc5c(=O)c6cc(N=Nc7c(O)c(C(=O)Nc8ccccc8F)cc8ccccc78)cc7c(=O)c(c2)c3n(c45)c76)c1O. The maximum Gasteiger partial charge on any atom is 0.259 e. The molecule has 3 heterocycles. The standard InChI is InChI=1S/C72H39F3N10O9/c73-52-19-7-10-22-55(52)76-70(92)49-25-34-13-1-4-16-40(34)58(67(49)89)82-79-37-28-43-61-44(29-37)65(87)46-31-39(81-84-60-42-18-6-3-15-36(42)27-51(69(60)91)72(94)78-57-24-12-9-21-54(57)75)33-48-63(46)85(61)62-45(64(43)86)30-38(32-47(62)66(48)88)80-83-59-41-17-5-2-14-35(41)26-50(68(59)90)71(93)77-56-23-11-8-20-53(56)74/h1-33,89-91H,(H,76,92)(H,77,93)(H,78,94). The summed E-state index contributed by atoms with van der Waals surface area (Å²) >= 11 is 0. The molecule has 452 valence electrons. The molecule has 0 fully saturated rings. The Bertz CT molecular complexity index is 5410. The van der Waals surface area contributed by atoms with Crippen molar-refractivity contribution in [3.8, 4) is 17.2 Å². The van der Waals surface area contributed by atoms with E-state index in [-0.39, 0.29) is 117 Å². The first-order valence-electron chi connectivity index (χ1n) is 28.7. The van der Waals surface area contributed by atoms with Crippen LogP contribution < -0.4 is 32.2 Å². The topological polar surface area (TPSA) is 278 Å². The zero-order valence-corrected chi connectivity index (χ0v) is 48.1. The number of aromatic hydroxyl groups is 3. The maximum absolute atomic E-state index is 15.4. The first-order chi connectivity index (χ1) is 45.6. The van der Waals surface area contributed by atoms with Crippen molar-refractivity contribution in [3.63, 3.8) is 0 Å². The van der Waals surface area contributed by atoms with Crippen molar-refractivity contribution in [1.29, 1.82) is 0 Å². The third-order valence-electron chi connectivity index (χ3n) is 16.3. The molecule has 22 heteroatoms. The van der Waals surface area contributed by atoms with Crippen LogP contribution in [-0.4, -0.2) is 37.4 Å². The maximum atomic E-state index is 15.4. The molecule has 0 aliphatic carbocycles. The minimum Gasteiger partial charge on any atom is -0.505 e. The highest BCUT2D eigenvalue weighted by molar-refractivity contribution is 6.19. The summed E-state index contributed by atoms with van der Waals surface area (Å²) < 4.78 is 45.9. The quantitative estimate of drug-likeness (QED) is 0.0385. The van der Waals surface area contributed by atoms with Gasteiger partial charge in [-0.2, -0.15) is 15.3 Å². The molecular weight excluding hydrogens is 1210 g/mol. The lowest BCUT2D eigenvalue weighted by Gasteiger charge is -2.19. The molecule has 0 saturated carbocycles. The van der Waals surface area contributed by atoms with Crippen LogP contribution in [0.5, 0.6) is 17.2 Å². The fourth-order valence-corrected chi connectivity index (χ4v) is 11.9. The van der Waals surface area contributed by atoms with E-state index in [1.54, 1.807) is 77.2 Å². The Morgan fingerprint density at radius 2 is 0.564 bits per heavy atom. The number of nitrogens with one attached hydrogen (secondary N) is 3. The molecular formula is C72H39F3N10O9. The fraction of sp³-hybridized carbons (Fsp3) is 0. The van der Waals surface area contributed by atoms with Crippen molar-refractivity contribution >= 4 is 150 Å². The number of azo groups is 3. The Morgan fingerprint density at radius 3 is 0.830 bits per heavy atom. The summed E-state index contributed by atoms with van der Waals surface area (Å²) in [6, 6.07) is 48.6. The van der Waals surface area contributed by atoms with Crippen molar-refractivity contribution in [2.45, 2.75) is 0 Å². The molecule has 3 aromatic heterocycles. The number of benzene rings is 12. The molecule has 0 aliphatic heterocycles. The number of para-hydroxylation sites is 3. The molecule has 0 bridgehead atoms. The van der Waals surface area contributed by atoms with Gasteiger partial charge in [0.1, 0.15) is 34.5 Å². The number of aromatic nitrogens is 1. The number of amides is 3. The van der Waals surface area contributed by atoms with E-state index in [1.807, 2.05) is 0 Å². The fourth-order valence-electron chi connectivity index (χ4n) is 11.9. The van der Waals surface area contributed by atoms with E-state index in [0.717, 1.165) is 18.2 Å². The second-order valence-corrected chi connectivity index (χ2v) is 21.9. The van der Waals surface area contributed by atoms with Crippen LogP contribution in [0.4, 0.5) is 64.4 Å². The minimum absolute atomic E-state index is 0.0662. The molecule has 0 aliphatic rings. The molecule has 94 heavy (non-hydrogen) atoms. The lowest BCUT2D eigenvalue weighted by Crippen LogP contribution is -2.19. The molecule has 0 unspecified atom stereocenters. The molecule has 0 saturated heterocycles. The highest BCUT2D eigenvalue weighted by Gasteiger charge is 2.28. The first kappa shape index (κ1) is 57.1. The van der Waals surface area contributed by atoms with Crippen LogP contribution in [0.1, 0.15) is 31.1 Å². The number of carbonyl (C=O) groups excluding carboxylic acids is 3. The Balaban J connectivity index is 0.932. The zero-order valence-electron chi connectivity index (χ0n) is 48.1. The number of rotatable bonds is 12. The van der Waals surface area contributed by atoms with E-state index in [9.17, 15) is 42.9 Å². The number of phenolic OH excluding ortho intramolecular Hbond substituents is 3. The molecule has 0 spiro atoms. The number of fused-ring (bicyclic) bond motifs is 3. The van der Waals surface area contributed by atoms with E-state index in [2.05, 4.69) is 46.6 Å². The second kappa shape index (κ2) is 22.3. The normalized spacial score (nSPS) is 12.0. The number of halogens is 3. The summed E-state index contributed by atoms with van der Waals surface area (Å²) in [5.41, 5.74) is -4.18. The monoisotopic (exact) mass is 1240 g/mol. The smallest absolute Gasteiger partial charge is 0.259 e. The number of phenols is 3. The molecule has 0 atom stereocenters. The molecule has 15 rings (SSSR count). The van der Waals surface area contributed by atoms with E-state index in [4.69, 9.17) is 0 Å². The first-order valence-corrected chi connectivity index (χ1v) is 28.7. The van der Waals surface area contributed by atoms with E-state index in [1.165, 1.54) is 109 Å². The van der Waals surface area contributed by atoms with Gasteiger partial charge in [0.25, 0.3) is 17.7 Å². The molecule has 0 radical (unpaired) electrons. The summed E-state index contributed by atoms with van der Waals surface area (Å²) in [4.78, 5) is 87.5. The van der Waals surface area contributed by atoms with Gasteiger partial charge in [-0.1, -0.05) is 109 Å². The van der Waals surface area contributed by atoms with Gasteiger partial charge < -0.3 is 35.7 Å². The van der Waals surface area contributed by atoms with Gasteiger partial charge in [0, 0.05) is 48.5 Å². The number of nitrogens with zero attached hydrogens (tertiary/aromatic N) is 7. The molecule has 6 N–H and O–H groups in total. The van der Waals surface area contributed by atoms with Crippen LogP contribution in [0.3, 0.4) is 0 Å². The molecule has 19 nitrogen and oxygen atoms in total. The van der Waals surface area contributed by atoms with Gasteiger partial charge in [-0.05, 0) is 107 Å². The van der Waals surface area contributed by atoms with Gasteiger partial charge in [0.05, 0.1) is 67.4 Å². The number of carbonyl (C=O) groups is 3. The van der Waals surface area contributed by atoms with Gasteiger partial charge in [-0.25, -0.2) is 13.2 Å². The number of anilines is 3. The Morgan fingerprint density at radius 1 is 0.319 bits per heavy atom. The highest BCUT2D eigenvalue weighted by Crippen LogP contribution is 2.45. The Kier molecular flexibility index (Phi) is 13.5. The molecule has 3 amide bonds. The van der Waals surface area contributed by atoms with Gasteiger partial charge in [-0.15, -0.1) is 15.3 Å². The van der Waals surface area contributed by atoms with Gasteiger partial charge in [0.2, 0.25) is 0 Å². The zero-order chi connectivity index (χ0) is 64.8. The van der Waals surface area contributed by atoms with Crippen molar-refractivity contribution in [2.75, 3.05) is 16.0 Å². The summed E-state index contributed by atoms with van der Waals surface area (Å²) in [7, 11) is 0. The largest absolute Gasteiger partial charge is 0.505 e. The van der Waals surface area contributed by atoms with Crippen LogP contribution in [0.2, 0.25) is 0 Å². The van der Waals surface area contributed by atoms with E-state index < -0.39 is 68.7 Å². The van der Waals surface area contributed by atoms with Crippen LogP contribution in [-0.2, 0) is 0 Å². The van der Waals surface area contributed by atoms with Crippen molar-refractivity contribution < 1.29 is 42.9 Å². The van der Waals surface area contributed by atoms with Gasteiger partial charge in [0.15, 0.2) is 33.5 Å². The lowest BCUT2D eigenvalue weighted by atomic mass is 9.96. The van der Waals surface area contributed by atoms with Gasteiger partial charge in [-0.3, -0.25) is 28.8 Å². The van der Waals surface area contributed by atoms with Crippen LogP contribution in [0.25, 0.3) is 81.2 Å². The van der Waals surface area contributed by atoms with E-state index in [0.29, 0.717) is 32.3 Å². The number of hydrogen-bond acceptors (Lipinski definition) is 15. The minimum atomic E-state index is -0.876. The highest BCUT2D eigenvalue weighted by atomic mass is 19.1. The van der Waals surface area contributed by atoms with Crippen LogP contribution >= 0.6 is 0 Å². The van der Waals surface area contributed by atoms with Crippen LogP contribution in [0, 0.1) is 17.5 Å². The van der Waals surface area contributed by atoms with Crippen molar-refractivity contribution in [1.82, 2.24) is 4.40 Å². The molecule has 15 aromatic rings. The number of pyridine rings is 3. The summed E-state index contributed by atoms with van der Waals surface area (Å²) in [6.45, 7) is 0. The summed E-state index contributed by atoms with van der Waals surface area (Å²) in [5.74, 6) is -6.71. The van der Waals surface area contributed by atoms with Gasteiger partial charge >= 0.3 is 0 Å². The van der Waals surface area contributed by atoms with Crippen molar-refractivity contribution in [3.05, 3.63) is 265 Å². The van der Waals surface area contributed by atoms with Crippen LogP contribution in [0.15, 0.2) is 245 Å². The Labute approximate surface area is 524 Å².